The van der Waals surface area contributed by atoms with Crippen LogP contribution in [0.15, 0.2) is 0 Å². The molecule has 3 saturated heterocycles. The zero-order valence-electron chi connectivity index (χ0n) is 16.5. The molecule has 6 rings (SSSR count). The van der Waals surface area contributed by atoms with Crippen LogP contribution < -0.4 is 16.0 Å². The number of hydrogen-bond acceptors (Lipinski definition) is 3. The predicted molar refractivity (Wildman–Crippen MR) is 106 cm³/mol. The first-order valence-corrected chi connectivity index (χ1v) is 12.1. The highest BCUT2D eigenvalue weighted by Gasteiger charge is 2.55. The van der Waals surface area contributed by atoms with Crippen molar-refractivity contribution in [2.24, 2.45) is 47.3 Å². The standard InChI is InChI=1S/C23H39N3/c1-2-14-6-9-24-10-8-19(16(14)3-1)22-18-5-4-17(18)21(13-26-22)23-20-12-15(20)7-11-25-23/h14-26H,1-13H2. The van der Waals surface area contributed by atoms with Gasteiger partial charge >= 0.3 is 0 Å². The lowest BCUT2D eigenvalue weighted by atomic mass is 9.56. The molecule has 0 aromatic carbocycles. The van der Waals surface area contributed by atoms with Gasteiger partial charge in [-0.1, -0.05) is 12.8 Å². The van der Waals surface area contributed by atoms with Crippen molar-refractivity contribution in [2.45, 2.75) is 69.9 Å². The monoisotopic (exact) mass is 357 g/mol. The summed E-state index contributed by atoms with van der Waals surface area (Å²) < 4.78 is 0. The van der Waals surface area contributed by atoms with Crippen LogP contribution in [0.2, 0.25) is 0 Å². The van der Waals surface area contributed by atoms with Gasteiger partial charge in [-0.2, -0.15) is 0 Å². The van der Waals surface area contributed by atoms with Crippen LogP contribution in [0.4, 0.5) is 0 Å². The van der Waals surface area contributed by atoms with Gasteiger partial charge in [0.2, 0.25) is 0 Å². The second-order valence-electron chi connectivity index (χ2n) is 10.8. The molecule has 10 atom stereocenters. The van der Waals surface area contributed by atoms with E-state index < -0.39 is 0 Å². The molecule has 0 radical (unpaired) electrons. The molecule has 0 spiro atoms. The van der Waals surface area contributed by atoms with E-state index in [1.807, 2.05) is 0 Å². The van der Waals surface area contributed by atoms with Gasteiger partial charge in [0, 0.05) is 18.6 Å². The number of rotatable bonds is 2. The highest BCUT2D eigenvalue weighted by molar-refractivity contribution is 5.09. The Morgan fingerprint density at radius 3 is 2.23 bits per heavy atom. The van der Waals surface area contributed by atoms with Crippen LogP contribution in [-0.4, -0.2) is 38.3 Å². The van der Waals surface area contributed by atoms with E-state index in [-0.39, 0.29) is 0 Å². The second-order valence-corrected chi connectivity index (χ2v) is 10.8. The molecular weight excluding hydrogens is 318 g/mol. The molecule has 3 nitrogen and oxygen atoms in total. The molecule has 0 aromatic rings. The Balaban J connectivity index is 1.18. The van der Waals surface area contributed by atoms with Crippen LogP contribution in [0, 0.1) is 47.3 Å². The summed E-state index contributed by atoms with van der Waals surface area (Å²) in [6.07, 6.45) is 13.5. The van der Waals surface area contributed by atoms with Crippen molar-refractivity contribution in [3.05, 3.63) is 0 Å². The molecule has 3 N–H and O–H groups in total. The summed E-state index contributed by atoms with van der Waals surface area (Å²) in [5.41, 5.74) is 0. The molecule has 0 amide bonds. The van der Waals surface area contributed by atoms with Gasteiger partial charge in [-0.15, -0.1) is 0 Å². The molecule has 3 saturated carbocycles. The highest BCUT2D eigenvalue weighted by atomic mass is 15.0. The maximum atomic E-state index is 4.20. The topological polar surface area (TPSA) is 36.1 Å². The second kappa shape index (κ2) is 6.74. The molecule has 0 bridgehead atoms. The fourth-order valence-corrected chi connectivity index (χ4v) is 8.39. The van der Waals surface area contributed by atoms with Gasteiger partial charge in [-0.3, -0.25) is 0 Å². The van der Waals surface area contributed by atoms with E-state index >= 15 is 0 Å². The fraction of sp³-hybridized carbons (Fsp3) is 1.00. The van der Waals surface area contributed by atoms with Crippen molar-refractivity contribution in [1.29, 1.82) is 0 Å². The quantitative estimate of drug-likeness (QED) is 0.711. The van der Waals surface area contributed by atoms with Gasteiger partial charge in [0.1, 0.15) is 0 Å². The Morgan fingerprint density at radius 1 is 0.500 bits per heavy atom. The fourth-order valence-electron chi connectivity index (χ4n) is 8.39. The maximum Gasteiger partial charge on any atom is 0.0141 e. The molecular formula is C23H39N3. The molecule has 3 heteroatoms. The summed E-state index contributed by atoms with van der Waals surface area (Å²) in [7, 11) is 0. The Morgan fingerprint density at radius 2 is 1.31 bits per heavy atom. The van der Waals surface area contributed by atoms with Crippen molar-refractivity contribution >= 4 is 0 Å². The van der Waals surface area contributed by atoms with Gasteiger partial charge in [0.15, 0.2) is 0 Å². The van der Waals surface area contributed by atoms with Crippen molar-refractivity contribution in [3.63, 3.8) is 0 Å². The van der Waals surface area contributed by atoms with Crippen LogP contribution >= 0.6 is 0 Å². The van der Waals surface area contributed by atoms with Crippen molar-refractivity contribution in [3.8, 4) is 0 Å². The summed E-state index contributed by atoms with van der Waals surface area (Å²) >= 11 is 0. The molecule has 6 aliphatic rings. The summed E-state index contributed by atoms with van der Waals surface area (Å²) in [6, 6.07) is 1.70. The molecule has 3 aliphatic carbocycles. The van der Waals surface area contributed by atoms with Crippen molar-refractivity contribution < 1.29 is 0 Å². The van der Waals surface area contributed by atoms with Crippen LogP contribution in [-0.2, 0) is 0 Å². The molecule has 6 fully saturated rings. The van der Waals surface area contributed by atoms with E-state index in [2.05, 4.69) is 16.0 Å². The lowest BCUT2D eigenvalue weighted by Crippen LogP contribution is -2.63. The smallest absolute Gasteiger partial charge is 0.0141 e. The Hall–Kier alpha value is -0.120. The first-order valence-electron chi connectivity index (χ1n) is 12.1. The third kappa shape index (κ3) is 2.71. The van der Waals surface area contributed by atoms with Gasteiger partial charge < -0.3 is 16.0 Å². The SMILES string of the molecule is C1CC2CCNCCC(C3NCC(C4NCCC5CC54)C4CCC43)C2C1. The van der Waals surface area contributed by atoms with E-state index in [0.29, 0.717) is 0 Å². The van der Waals surface area contributed by atoms with E-state index in [1.165, 1.54) is 84.0 Å². The lowest BCUT2D eigenvalue weighted by Gasteiger charge is -2.56. The number of nitrogens with one attached hydrogen (secondary N) is 3. The number of piperidine rings is 2. The highest BCUT2D eigenvalue weighted by Crippen LogP contribution is 2.55. The maximum absolute atomic E-state index is 4.20. The zero-order chi connectivity index (χ0) is 17.1. The van der Waals surface area contributed by atoms with Gasteiger partial charge in [-0.25, -0.2) is 0 Å². The van der Waals surface area contributed by atoms with E-state index in [9.17, 15) is 0 Å². The average Bonchev–Trinajstić information content (AvgIpc) is 3.28. The molecule has 3 aliphatic heterocycles. The third-order valence-electron chi connectivity index (χ3n) is 9.85. The molecule has 0 aromatic heterocycles. The predicted octanol–water partition coefficient (Wildman–Crippen LogP) is 3.01. The minimum atomic E-state index is 0.842. The molecule has 26 heavy (non-hydrogen) atoms. The van der Waals surface area contributed by atoms with E-state index in [4.69, 9.17) is 0 Å². The summed E-state index contributed by atoms with van der Waals surface area (Å²) in [4.78, 5) is 0. The lowest BCUT2D eigenvalue weighted by molar-refractivity contribution is -0.0302. The van der Waals surface area contributed by atoms with Gasteiger partial charge in [0.05, 0.1) is 0 Å². The first-order chi connectivity index (χ1) is 12.9. The van der Waals surface area contributed by atoms with E-state index in [1.54, 1.807) is 0 Å². The summed E-state index contributed by atoms with van der Waals surface area (Å²) in [5.74, 6) is 8.12. The molecule has 3 heterocycles. The summed E-state index contributed by atoms with van der Waals surface area (Å²) in [6.45, 7) is 5.14. The van der Waals surface area contributed by atoms with Crippen molar-refractivity contribution in [1.82, 2.24) is 16.0 Å². The van der Waals surface area contributed by atoms with E-state index in [0.717, 1.165) is 59.4 Å². The van der Waals surface area contributed by atoms with Gasteiger partial charge in [0.25, 0.3) is 0 Å². The van der Waals surface area contributed by atoms with Crippen LogP contribution in [0.25, 0.3) is 0 Å². The average molecular weight is 358 g/mol. The van der Waals surface area contributed by atoms with Crippen LogP contribution in [0.1, 0.15) is 57.8 Å². The van der Waals surface area contributed by atoms with Crippen molar-refractivity contribution in [2.75, 3.05) is 26.2 Å². The third-order valence-corrected chi connectivity index (χ3v) is 9.85. The minimum absolute atomic E-state index is 0.842. The molecule has 10 unspecified atom stereocenters. The Kier molecular flexibility index (Phi) is 4.36. The molecule has 146 valence electrons. The zero-order valence-corrected chi connectivity index (χ0v) is 16.5. The normalized spacial score (nSPS) is 56.3. The first kappa shape index (κ1) is 16.8. The Bertz CT molecular complexity index is 522. The summed E-state index contributed by atoms with van der Waals surface area (Å²) in [5, 5.41) is 11.9. The number of hydrogen-bond donors (Lipinski definition) is 3. The number of fused-ring (bicyclic) bond motifs is 3. The van der Waals surface area contributed by atoms with Crippen LogP contribution in [0.5, 0.6) is 0 Å². The van der Waals surface area contributed by atoms with Gasteiger partial charge in [-0.05, 0) is 112 Å². The van der Waals surface area contributed by atoms with Crippen LogP contribution in [0.3, 0.4) is 0 Å². The Labute approximate surface area is 159 Å². The largest absolute Gasteiger partial charge is 0.317 e. The minimum Gasteiger partial charge on any atom is -0.317 e.